The molecule has 1 aliphatic heterocycles. The quantitative estimate of drug-likeness (QED) is 0.912. The molecule has 2 heterocycles. The molecule has 0 bridgehead atoms. The number of amides is 1. The molecule has 0 atom stereocenters. The lowest BCUT2D eigenvalue weighted by Crippen LogP contribution is -2.18. The number of hydrogen-bond donors (Lipinski definition) is 2. The summed E-state index contributed by atoms with van der Waals surface area (Å²) in [4.78, 5) is 12.1. The molecule has 0 fully saturated rings. The second-order valence-corrected chi connectivity index (χ2v) is 6.90. The van der Waals surface area contributed by atoms with Gasteiger partial charge in [-0.25, -0.2) is 0 Å². The molecular weight excluding hydrogens is 284 g/mol. The normalized spacial score (nSPS) is 15.3. The van der Waals surface area contributed by atoms with Gasteiger partial charge in [0.15, 0.2) is 0 Å². The number of rotatable bonds is 4. The monoisotopic (exact) mass is 302 g/mol. The van der Waals surface area contributed by atoms with E-state index in [2.05, 4.69) is 31.3 Å². The van der Waals surface area contributed by atoms with Crippen molar-refractivity contribution < 1.29 is 9.53 Å². The number of benzene rings is 1. The van der Waals surface area contributed by atoms with Crippen LogP contribution in [0, 0.1) is 0 Å². The lowest BCUT2D eigenvalue weighted by Gasteiger charge is -2.15. The Morgan fingerprint density at radius 3 is 2.95 bits per heavy atom. The van der Waals surface area contributed by atoms with Crippen molar-refractivity contribution in [2.24, 2.45) is 5.73 Å². The van der Waals surface area contributed by atoms with Crippen LogP contribution in [0.25, 0.3) is 0 Å². The fourth-order valence-corrected chi connectivity index (χ4v) is 3.25. The number of nitrogens with one attached hydrogen (secondary N) is 1. The second kappa shape index (κ2) is 5.07. The average Bonchev–Trinajstić information content (AvgIpc) is 3.02. The van der Waals surface area contributed by atoms with Gasteiger partial charge in [-0.05, 0) is 12.1 Å². The summed E-state index contributed by atoms with van der Waals surface area (Å²) in [7, 11) is 0. The third kappa shape index (κ3) is 2.74. The number of hydrogen-bond acceptors (Lipinski definition) is 4. The van der Waals surface area contributed by atoms with Gasteiger partial charge < -0.3 is 15.8 Å². The summed E-state index contributed by atoms with van der Waals surface area (Å²) in [6.07, 6.45) is 0. The predicted molar refractivity (Wildman–Crippen MR) is 85.1 cm³/mol. The first kappa shape index (κ1) is 13.9. The molecule has 4 nitrogen and oxygen atoms in total. The number of carbonyl (C=O) groups excluding carboxylic acids is 1. The minimum Gasteiger partial charge on any atom is -0.492 e. The van der Waals surface area contributed by atoms with Gasteiger partial charge in [0.25, 0.3) is 0 Å². The van der Waals surface area contributed by atoms with Crippen LogP contribution in [-0.2, 0) is 12.0 Å². The van der Waals surface area contributed by atoms with Crippen LogP contribution in [0.3, 0.4) is 0 Å². The highest BCUT2D eigenvalue weighted by molar-refractivity contribution is 7.10. The van der Waals surface area contributed by atoms with E-state index in [1.165, 1.54) is 16.9 Å². The van der Waals surface area contributed by atoms with E-state index in [9.17, 15) is 4.79 Å². The van der Waals surface area contributed by atoms with E-state index < -0.39 is 0 Å². The standard InChI is InChI=1S/C16H18N2O2S/c1-16(2)9-20-14-6-11(3-4-13(14)16)18-7-12-5-10(8-21-12)15(17)19/h3-6,8,18H,7,9H2,1-2H3,(H2,17,19). The lowest BCUT2D eigenvalue weighted by atomic mass is 9.87. The predicted octanol–water partition coefficient (Wildman–Crippen LogP) is 3.13. The average molecular weight is 302 g/mol. The van der Waals surface area contributed by atoms with E-state index in [1.807, 2.05) is 12.1 Å². The summed E-state index contributed by atoms with van der Waals surface area (Å²) in [6, 6.07) is 8.05. The van der Waals surface area contributed by atoms with Crippen LogP contribution in [0.15, 0.2) is 29.6 Å². The molecular formula is C16H18N2O2S. The highest BCUT2D eigenvalue weighted by Crippen LogP contribution is 2.39. The third-order valence-corrected chi connectivity index (χ3v) is 4.64. The molecule has 2 aromatic rings. The largest absolute Gasteiger partial charge is 0.492 e. The molecule has 3 N–H and O–H groups in total. The van der Waals surface area contributed by atoms with Gasteiger partial charge in [-0.2, -0.15) is 0 Å². The minimum absolute atomic E-state index is 0.0814. The Hall–Kier alpha value is -2.01. The molecule has 0 saturated carbocycles. The first-order chi connectivity index (χ1) is 9.95. The molecule has 0 saturated heterocycles. The van der Waals surface area contributed by atoms with E-state index in [4.69, 9.17) is 10.5 Å². The van der Waals surface area contributed by atoms with Crippen LogP contribution in [0.4, 0.5) is 5.69 Å². The fraction of sp³-hybridized carbons (Fsp3) is 0.312. The maximum Gasteiger partial charge on any atom is 0.249 e. The summed E-state index contributed by atoms with van der Waals surface area (Å²) < 4.78 is 5.74. The Bertz CT molecular complexity index is 691. The van der Waals surface area contributed by atoms with E-state index in [0.717, 1.165) is 22.9 Å². The zero-order valence-electron chi connectivity index (χ0n) is 12.1. The Morgan fingerprint density at radius 1 is 1.43 bits per heavy atom. The number of thiophene rings is 1. The first-order valence-corrected chi connectivity index (χ1v) is 7.72. The smallest absolute Gasteiger partial charge is 0.249 e. The third-order valence-electron chi connectivity index (χ3n) is 3.70. The zero-order chi connectivity index (χ0) is 15.0. The number of nitrogens with two attached hydrogens (primary N) is 1. The molecule has 3 rings (SSSR count). The first-order valence-electron chi connectivity index (χ1n) is 6.84. The van der Waals surface area contributed by atoms with E-state index in [-0.39, 0.29) is 11.3 Å². The number of anilines is 1. The number of primary amides is 1. The summed E-state index contributed by atoms with van der Waals surface area (Å²) in [5.41, 5.74) is 8.16. The lowest BCUT2D eigenvalue weighted by molar-refractivity contribution is 0.100. The van der Waals surface area contributed by atoms with Crippen LogP contribution in [0.2, 0.25) is 0 Å². The zero-order valence-corrected chi connectivity index (χ0v) is 12.9. The van der Waals surface area contributed by atoms with Gasteiger partial charge in [0, 0.05) is 39.5 Å². The summed E-state index contributed by atoms with van der Waals surface area (Å²) >= 11 is 1.53. The molecule has 1 aliphatic rings. The van der Waals surface area contributed by atoms with Crippen molar-refractivity contribution in [1.29, 1.82) is 0 Å². The van der Waals surface area contributed by atoms with E-state index in [0.29, 0.717) is 12.1 Å². The second-order valence-electron chi connectivity index (χ2n) is 5.90. The van der Waals surface area contributed by atoms with Crippen molar-refractivity contribution >= 4 is 22.9 Å². The van der Waals surface area contributed by atoms with Crippen molar-refractivity contribution in [1.82, 2.24) is 0 Å². The van der Waals surface area contributed by atoms with E-state index >= 15 is 0 Å². The van der Waals surface area contributed by atoms with Crippen LogP contribution in [0.5, 0.6) is 5.75 Å². The molecule has 110 valence electrons. The topological polar surface area (TPSA) is 64.3 Å². The van der Waals surface area contributed by atoms with Gasteiger partial charge in [0.1, 0.15) is 5.75 Å². The van der Waals surface area contributed by atoms with Crippen molar-refractivity contribution in [2.75, 3.05) is 11.9 Å². The van der Waals surface area contributed by atoms with Crippen molar-refractivity contribution in [3.63, 3.8) is 0 Å². The minimum atomic E-state index is -0.384. The summed E-state index contributed by atoms with van der Waals surface area (Å²) in [6.45, 7) is 5.75. The highest BCUT2D eigenvalue weighted by atomic mass is 32.1. The SMILES string of the molecule is CC1(C)COc2cc(NCc3cc(C(N)=O)cs3)ccc21. The molecule has 0 spiro atoms. The van der Waals surface area contributed by atoms with Gasteiger partial charge in [0.05, 0.1) is 12.2 Å². The maximum absolute atomic E-state index is 11.1. The van der Waals surface area contributed by atoms with Gasteiger partial charge in [-0.3, -0.25) is 4.79 Å². The van der Waals surface area contributed by atoms with Gasteiger partial charge >= 0.3 is 0 Å². The Labute approximate surface area is 127 Å². The molecule has 21 heavy (non-hydrogen) atoms. The summed E-state index contributed by atoms with van der Waals surface area (Å²) in [5, 5.41) is 5.13. The van der Waals surface area contributed by atoms with Crippen molar-refractivity contribution in [2.45, 2.75) is 25.8 Å². The molecule has 5 heteroatoms. The Kier molecular flexibility index (Phi) is 3.37. The molecule has 1 aromatic heterocycles. The number of ether oxygens (including phenoxy) is 1. The van der Waals surface area contributed by atoms with Crippen LogP contribution < -0.4 is 15.8 Å². The Balaban J connectivity index is 1.70. The molecule has 0 unspecified atom stereocenters. The van der Waals surface area contributed by atoms with Gasteiger partial charge in [-0.1, -0.05) is 19.9 Å². The number of carbonyl (C=O) groups is 1. The highest BCUT2D eigenvalue weighted by Gasteiger charge is 2.31. The number of fused-ring (bicyclic) bond motifs is 1. The van der Waals surface area contributed by atoms with E-state index in [1.54, 1.807) is 5.38 Å². The van der Waals surface area contributed by atoms with Crippen molar-refractivity contribution in [3.05, 3.63) is 45.6 Å². The van der Waals surface area contributed by atoms with Crippen LogP contribution in [0.1, 0.15) is 34.6 Å². The van der Waals surface area contributed by atoms with Crippen LogP contribution >= 0.6 is 11.3 Å². The van der Waals surface area contributed by atoms with Gasteiger partial charge in [0.2, 0.25) is 5.91 Å². The fourth-order valence-electron chi connectivity index (χ4n) is 2.44. The van der Waals surface area contributed by atoms with Gasteiger partial charge in [-0.15, -0.1) is 11.3 Å². The molecule has 0 aliphatic carbocycles. The maximum atomic E-state index is 11.1. The summed E-state index contributed by atoms with van der Waals surface area (Å²) in [5.74, 6) is 0.569. The molecule has 0 radical (unpaired) electrons. The molecule has 1 aromatic carbocycles. The Morgan fingerprint density at radius 2 is 2.24 bits per heavy atom. The van der Waals surface area contributed by atoms with Crippen molar-refractivity contribution in [3.8, 4) is 5.75 Å². The molecule has 1 amide bonds. The van der Waals surface area contributed by atoms with Crippen LogP contribution in [-0.4, -0.2) is 12.5 Å².